The smallest absolute Gasteiger partial charge is 0.326 e. The molecule has 0 spiro atoms. The number of amides is 8. The quantitative estimate of drug-likeness (QED) is 0.0230. The van der Waals surface area contributed by atoms with Crippen LogP contribution in [0.5, 0.6) is 0 Å². The summed E-state index contributed by atoms with van der Waals surface area (Å²) in [5, 5.41) is 55.8. The van der Waals surface area contributed by atoms with E-state index in [1.54, 1.807) is 27.7 Å². The van der Waals surface area contributed by atoms with Gasteiger partial charge in [0.25, 0.3) is 0 Å². The molecule has 1 fully saturated rings. The highest BCUT2D eigenvalue weighted by Crippen LogP contribution is 2.19. The lowest BCUT2D eigenvalue weighted by Gasteiger charge is -2.30. The summed E-state index contributed by atoms with van der Waals surface area (Å²) in [4.78, 5) is 120. The van der Waals surface area contributed by atoms with Gasteiger partial charge in [0.15, 0.2) is 5.96 Å². The van der Waals surface area contributed by atoms with Crippen molar-refractivity contribution in [3.05, 3.63) is 0 Å². The third-order valence-electron chi connectivity index (χ3n) is 9.49. The Morgan fingerprint density at radius 1 is 0.721 bits per heavy atom. The number of aliphatic imine (C=N–C) groups is 1. The molecule has 9 atom stereocenters. The normalized spacial score (nSPS) is 17.6. The van der Waals surface area contributed by atoms with Crippen molar-refractivity contribution in [2.24, 2.45) is 34.0 Å². The summed E-state index contributed by atoms with van der Waals surface area (Å²) in [6, 6.07) is -10.8. The maximum absolute atomic E-state index is 13.6. The van der Waals surface area contributed by atoms with Gasteiger partial charge in [0, 0.05) is 13.1 Å². The molecule has 0 aromatic carbocycles. The maximum Gasteiger partial charge on any atom is 0.326 e. The molecule has 0 unspecified atom stereocenters. The third kappa shape index (κ3) is 17.5. The number of nitrogens with zero attached hydrogens (tertiary/aromatic N) is 2. The number of carboxylic acids is 1. The van der Waals surface area contributed by atoms with Gasteiger partial charge in [0.2, 0.25) is 47.3 Å². The Balaban J connectivity index is 2.91. The highest BCUT2D eigenvalue weighted by molar-refractivity contribution is 5.98. The average molecular weight is 873 g/mol. The lowest BCUT2D eigenvalue weighted by Crippen LogP contribution is -2.61. The largest absolute Gasteiger partial charge is 0.480 e. The number of nitrogens with two attached hydrogens (primary N) is 3. The molecule has 61 heavy (non-hydrogen) atoms. The van der Waals surface area contributed by atoms with Crippen LogP contribution in [0, 0.1) is 11.8 Å². The predicted octanol–water partition coefficient (Wildman–Crippen LogP) is -6.83. The van der Waals surface area contributed by atoms with Crippen LogP contribution < -0.4 is 54.4 Å². The first-order valence-corrected chi connectivity index (χ1v) is 19.8. The van der Waals surface area contributed by atoms with Gasteiger partial charge in [-0.2, -0.15) is 0 Å². The van der Waals surface area contributed by atoms with Crippen molar-refractivity contribution in [3.8, 4) is 0 Å². The summed E-state index contributed by atoms with van der Waals surface area (Å²) in [5.41, 5.74) is 16.5. The number of hydrogen-bond donors (Lipinski definition) is 14. The van der Waals surface area contributed by atoms with Gasteiger partial charge >= 0.3 is 5.97 Å². The van der Waals surface area contributed by atoms with Crippen molar-refractivity contribution >= 4 is 59.2 Å². The molecule has 8 amide bonds. The van der Waals surface area contributed by atoms with E-state index in [1.165, 1.54) is 6.92 Å². The van der Waals surface area contributed by atoms with Crippen LogP contribution >= 0.6 is 0 Å². The molecule has 0 aliphatic carbocycles. The highest BCUT2D eigenvalue weighted by atomic mass is 16.4. The fourth-order valence-corrected chi connectivity index (χ4v) is 5.94. The zero-order valence-corrected chi connectivity index (χ0v) is 35.3. The van der Waals surface area contributed by atoms with Crippen LogP contribution in [-0.2, 0) is 43.2 Å². The number of likely N-dealkylation sites (tertiary alicyclic amines) is 1. The summed E-state index contributed by atoms with van der Waals surface area (Å²) in [5.74, 6) is -9.38. The summed E-state index contributed by atoms with van der Waals surface area (Å²) in [6.07, 6.45) is -0.589. The molecule has 0 saturated carbocycles. The fraction of sp³-hybridized carbons (Fsp3) is 0.722. The monoisotopic (exact) mass is 872 g/mol. The van der Waals surface area contributed by atoms with Crippen LogP contribution in [-0.4, -0.2) is 172 Å². The number of rotatable bonds is 25. The summed E-state index contributed by atoms with van der Waals surface area (Å²) in [7, 11) is 0. The van der Waals surface area contributed by atoms with Crippen molar-refractivity contribution in [2.45, 2.75) is 122 Å². The van der Waals surface area contributed by atoms with Gasteiger partial charge in [-0.05, 0) is 51.4 Å². The van der Waals surface area contributed by atoms with E-state index in [4.69, 9.17) is 17.2 Å². The highest BCUT2D eigenvalue weighted by Gasteiger charge is 2.40. The second kappa shape index (κ2) is 25.8. The van der Waals surface area contributed by atoms with E-state index in [9.17, 15) is 63.6 Å². The van der Waals surface area contributed by atoms with Crippen molar-refractivity contribution in [2.75, 3.05) is 32.8 Å². The zero-order chi connectivity index (χ0) is 46.7. The van der Waals surface area contributed by atoms with E-state index >= 15 is 0 Å². The van der Waals surface area contributed by atoms with Crippen LogP contribution in [0.4, 0.5) is 0 Å². The second-order valence-corrected chi connectivity index (χ2v) is 15.3. The van der Waals surface area contributed by atoms with E-state index in [2.05, 4.69) is 42.2 Å². The lowest BCUT2D eigenvalue weighted by molar-refractivity contribution is -0.144. The molecule has 0 radical (unpaired) electrons. The van der Waals surface area contributed by atoms with Gasteiger partial charge < -0.3 is 79.7 Å². The lowest BCUT2D eigenvalue weighted by atomic mass is 10.0. The van der Waals surface area contributed by atoms with E-state index in [1.807, 2.05) is 0 Å². The molecule has 1 aliphatic rings. The number of aliphatic hydroxyl groups excluding tert-OH is 3. The number of aliphatic carboxylic acids is 1. The molecule has 17 N–H and O–H groups in total. The number of aliphatic hydroxyl groups is 3. The maximum atomic E-state index is 13.6. The molecule has 1 saturated heterocycles. The predicted molar refractivity (Wildman–Crippen MR) is 216 cm³/mol. The molecule has 0 aromatic heterocycles. The molecule has 1 heterocycles. The first kappa shape index (κ1) is 53.4. The molecule has 0 aromatic rings. The van der Waals surface area contributed by atoms with E-state index in [-0.39, 0.29) is 31.9 Å². The van der Waals surface area contributed by atoms with Gasteiger partial charge in [0.05, 0.1) is 31.9 Å². The minimum atomic E-state index is -1.72. The van der Waals surface area contributed by atoms with Gasteiger partial charge in [0.1, 0.15) is 42.3 Å². The molecule has 346 valence electrons. The van der Waals surface area contributed by atoms with Crippen LogP contribution in [0.25, 0.3) is 0 Å². The number of guanidine groups is 1. The van der Waals surface area contributed by atoms with Crippen LogP contribution in [0.3, 0.4) is 0 Å². The van der Waals surface area contributed by atoms with Crippen molar-refractivity contribution < 1.29 is 63.6 Å². The second-order valence-electron chi connectivity index (χ2n) is 15.3. The molecule has 1 aliphatic heterocycles. The van der Waals surface area contributed by atoms with Crippen LogP contribution in [0.15, 0.2) is 4.99 Å². The molecule has 0 bridgehead atoms. The average Bonchev–Trinajstić information content (AvgIpc) is 3.68. The molecular formula is C36H64N12O13. The Bertz CT molecular complexity index is 1590. The van der Waals surface area contributed by atoms with E-state index in [0.29, 0.717) is 12.8 Å². The van der Waals surface area contributed by atoms with Crippen molar-refractivity contribution in [3.63, 3.8) is 0 Å². The molecule has 25 heteroatoms. The summed E-state index contributed by atoms with van der Waals surface area (Å²) in [6.45, 7) is 6.54. The van der Waals surface area contributed by atoms with Crippen LogP contribution in [0.1, 0.15) is 67.2 Å². The zero-order valence-electron chi connectivity index (χ0n) is 35.3. The topological polar surface area (TPSA) is 412 Å². The number of carbonyl (C=O) groups is 9. The van der Waals surface area contributed by atoms with Gasteiger partial charge in [-0.25, -0.2) is 4.79 Å². The minimum absolute atomic E-state index is 0.00196. The summed E-state index contributed by atoms with van der Waals surface area (Å²) < 4.78 is 0. The number of carboxylic acid groups (broad SMARTS) is 1. The van der Waals surface area contributed by atoms with Gasteiger partial charge in [-0.15, -0.1) is 0 Å². The van der Waals surface area contributed by atoms with E-state index < -0.39 is 139 Å². The SMILES string of the molecule is CC(C)[C@H](NC(=O)CNC(=O)[C@H](CO)NC(=O)[C@@H](NC(=O)[C@@H]1CCCN1C(=O)[C@H](CO)NC(=O)[C@H](C)NC(=O)[C@@H](NC(=O)[C@@H](N)CCCN=C(N)N)C(C)C)[C@@H](C)O)C(=O)O. The number of hydrogen-bond acceptors (Lipinski definition) is 14. The molecule has 25 nitrogen and oxygen atoms in total. The number of carbonyl (C=O) groups excluding carboxylic acids is 8. The van der Waals surface area contributed by atoms with Gasteiger partial charge in [-0.3, -0.25) is 43.3 Å². The molecular weight excluding hydrogens is 808 g/mol. The van der Waals surface area contributed by atoms with Gasteiger partial charge in [-0.1, -0.05) is 27.7 Å². The van der Waals surface area contributed by atoms with Crippen LogP contribution in [0.2, 0.25) is 0 Å². The Hall–Kier alpha value is -5.66. The first-order chi connectivity index (χ1) is 28.5. The van der Waals surface area contributed by atoms with E-state index in [0.717, 1.165) is 11.8 Å². The Morgan fingerprint density at radius 3 is 1.82 bits per heavy atom. The third-order valence-corrected chi connectivity index (χ3v) is 9.49. The molecule has 1 rings (SSSR count). The Kier molecular flexibility index (Phi) is 22.6. The fourth-order valence-electron chi connectivity index (χ4n) is 5.94. The number of nitrogens with one attached hydrogen (secondary N) is 7. The summed E-state index contributed by atoms with van der Waals surface area (Å²) >= 11 is 0. The standard InChI is InChI=1S/C36H64N12O13/c1-16(2)25(46-29(54)20(37)9-7-11-40-36(38)39)32(57)42-18(5)28(53)44-22(15-50)34(59)48-12-8-10-23(48)31(56)47-27(19(6)51)33(58)43-21(14-49)30(55)41-13-24(52)45-26(17(3)4)35(60)61/h16-23,25-27,49-51H,7-15,37H2,1-6H3,(H,41,55)(H,42,57)(H,43,58)(H,44,53)(H,45,52)(H,46,54)(H,47,56)(H,60,61)(H4,38,39,40)/t18-,19+,20-,21-,22-,23-,25-,26-,27-/m0/s1. The minimum Gasteiger partial charge on any atom is -0.480 e. The van der Waals surface area contributed by atoms with Crippen molar-refractivity contribution in [1.29, 1.82) is 0 Å². The Morgan fingerprint density at radius 2 is 1.30 bits per heavy atom. The van der Waals surface area contributed by atoms with Crippen molar-refractivity contribution in [1.82, 2.24) is 42.1 Å². The Labute approximate surface area is 353 Å². The first-order valence-electron chi connectivity index (χ1n) is 19.8.